The first-order chi connectivity index (χ1) is 6.80. The van der Waals surface area contributed by atoms with Crippen molar-refractivity contribution < 1.29 is 13.2 Å². The van der Waals surface area contributed by atoms with E-state index in [0.29, 0.717) is 0 Å². The van der Waals surface area contributed by atoms with Gasteiger partial charge >= 0.3 is 0 Å². The third-order valence-corrected chi connectivity index (χ3v) is 4.65. The van der Waals surface area contributed by atoms with Crippen molar-refractivity contribution in [2.45, 2.75) is 18.7 Å². The summed E-state index contributed by atoms with van der Waals surface area (Å²) in [6.45, 7) is 3.93. The second-order valence-electron chi connectivity index (χ2n) is 3.46. The number of hydrogen-bond donors (Lipinski definition) is 2. The van der Waals surface area contributed by atoms with Crippen molar-refractivity contribution in [3.8, 4) is 0 Å². The van der Waals surface area contributed by atoms with E-state index in [4.69, 9.17) is 0 Å². The number of halogens is 1. The van der Waals surface area contributed by atoms with Gasteiger partial charge < -0.3 is 5.32 Å². The molecule has 0 aromatic rings. The Kier molecular flexibility index (Phi) is 6.38. The number of nitrogens with one attached hydrogen (secondary N) is 2. The van der Waals surface area contributed by atoms with E-state index in [1.807, 2.05) is 13.8 Å². The van der Waals surface area contributed by atoms with Crippen LogP contribution in [0.1, 0.15) is 13.8 Å². The van der Waals surface area contributed by atoms with Crippen LogP contribution in [0, 0.1) is 5.92 Å². The van der Waals surface area contributed by atoms with E-state index < -0.39 is 10.0 Å². The van der Waals surface area contributed by atoms with E-state index in [0.717, 1.165) is 0 Å². The zero-order valence-electron chi connectivity index (χ0n) is 9.08. The predicted octanol–water partition coefficient (Wildman–Crippen LogP) is 0.0713. The Morgan fingerprint density at radius 1 is 1.40 bits per heavy atom. The minimum atomic E-state index is -3.24. The minimum absolute atomic E-state index is 0.104. The summed E-state index contributed by atoms with van der Waals surface area (Å²) in [5.41, 5.74) is 0. The maximum Gasteiger partial charge on any atom is 0.234 e. The highest BCUT2D eigenvalue weighted by Crippen LogP contribution is 2.11. The first-order valence-corrected chi connectivity index (χ1v) is 7.20. The molecule has 1 atom stereocenters. The normalized spacial score (nSPS) is 13.9. The molecule has 2 N–H and O–H groups in total. The monoisotopic (exact) mass is 300 g/mol. The van der Waals surface area contributed by atoms with Gasteiger partial charge in [-0.25, -0.2) is 13.1 Å². The summed E-state index contributed by atoms with van der Waals surface area (Å²) < 4.78 is 24.2. The van der Waals surface area contributed by atoms with E-state index in [2.05, 4.69) is 26.0 Å². The third kappa shape index (κ3) is 6.11. The highest BCUT2D eigenvalue weighted by molar-refractivity contribution is 9.10. The van der Waals surface area contributed by atoms with Gasteiger partial charge in [-0.3, -0.25) is 4.79 Å². The van der Waals surface area contributed by atoms with E-state index in [1.165, 1.54) is 7.05 Å². The van der Waals surface area contributed by atoms with Crippen LogP contribution in [0.15, 0.2) is 0 Å². The largest absolute Gasteiger partial charge is 0.354 e. The van der Waals surface area contributed by atoms with Gasteiger partial charge in [-0.05, 0) is 13.0 Å². The van der Waals surface area contributed by atoms with Crippen LogP contribution < -0.4 is 10.0 Å². The second-order valence-corrected chi connectivity index (χ2v) is 6.49. The van der Waals surface area contributed by atoms with Gasteiger partial charge in [-0.15, -0.1) is 0 Å². The summed E-state index contributed by atoms with van der Waals surface area (Å²) in [4.78, 5) is 11.1. The summed E-state index contributed by atoms with van der Waals surface area (Å²) in [6.07, 6.45) is 0. The summed E-state index contributed by atoms with van der Waals surface area (Å²) in [6, 6.07) is 0. The SMILES string of the molecule is CNS(=O)(=O)CCNC(=O)C(Br)C(C)C. The molecule has 15 heavy (non-hydrogen) atoms. The lowest BCUT2D eigenvalue weighted by molar-refractivity contribution is -0.120. The summed E-state index contributed by atoms with van der Waals surface area (Å²) in [5.74, 6) is -0.116. The van der Waals surface area contributed by atoms with Crippen LogP contribution in [0.2, 0.25) is 0 Å². The molecule has 0 heterocycles. The molecule has 7 heteroatoms. The lowest BCUT2D eigenvalue weighted by Crippen LogP contribution is -2.38. The van der Waals surface area contributed by atoms with Crippen molar-refractivity contribution in [2.24, 2.45) is 5.92 Å². The Morgan fingerprint density at radius 3 is 2.33 bits per heavy atom. The first-order valence-electron chi connectivity index (χ1n) is 4.63. The highest BCUT2D eigenvalue weighted by atomic mass is 79.9. The van der Waals surface area contributed by atoms with Crippen LogP contribution >= 0.6 is 15.9 Å². The fraction of sp³-hybridized carbons (Fsp3) is 0.875. The van der Waals surface area contributed by atoms with Gasteiger partial charge in [-0.1, -0.05) is 29.8 Å². The van der Waals surface area contributed by atoms with Gasteiger partial charge in [0.15, 0.2) is 0 Å². The van der Waals surface area contributed by atoms with Crippen molar-refractivity contribution >= 4 is 31.9 Å². The molecule has 0 rings (SSSR count). The summed E-state index contributed by atoms with van der Waals surface area (Å²) in [7, 11) is -1.90. The van der Waals surface area contributed by atoms with Gasteiger partial charge in [-0.2, -0.15) is 0 Å². The van der Waals surface area contributed by atoms with Crippen LogP contribution in [-0.2, 0) is 14.8 Å². The molecule has 1 unspecified atom stereocenters. The summed E-state index contributed by atoms with van der Waals surface area (Å²) >= 11 is 3.23. The highest BCUT2D eigenvalue weighted by Gasteiger charge is 2.18. The molecule has 0 radical (unpaired) electrons. The maximum atomic E-state index is 11.4. The van der Waals surface area contributed by atoms with Crippen LogP contribution in [0.4, 0.5) is 0 Å². The Labute approximate surface area is 99.2 Å². The molecule has 90 valence electrons. The first kappa shape index (κ1) is 14.9. The number of hydrogen-bond acceptors (Lipinski definition) is 3. The second kappa shape index (κ2) is 6.44. The van der Waals surface area contributed by atoms with Gasteiger partial charge in [0.25, 0.3) is 0 Å². The molecule has 0 aromatic heterocycles. The quantitative estimate of drug-likeness (QED) is 0.682. The number of carbonyl (C=O) groups is 1. The maximum absolute atomic E-state index is 11.4. The van der Waals surface area contributed by atoms with Gasteiger partial charge in [0, 0.05) is 6.54 Å². The van der Waals surface area contributed by atoms with Crippen LogP contribution in [0.5, 0.6) is 0 Å². The van der Waals surface area contributed by atoms with Crippen molar-refractivity contribution in [1.82, 2.24) is 10.0 Å². The lowest BCUT2D eigenvalue weighted by atomic mass is 10.1. The van der Waals surface area contributed by atoms with E-state index in [9.17, 15) is 13.2 Å². The standard InChI is InChI=1S/C8H17BrN2O3S/c1-6(2)7(9)8(12)11-4-5-15(13,14)10-3/h6-7,10H,4-5H2,1-3H3,(H,11,12). The number of carbonyl (C=O) groups excluding carboxylic acids is 1. The molecule has 5 nitrogen and oxygen atoms in total. The van der Waals surface area contributed by atoms with Gasteiger partial charge in [0.1, 0.15) is 0 Å². The number of amides is 1. The number of alkyl halides is 1. The Hall–Kier alpha value is -0.140. The zero-order chi connectivity index (χ0) is 12.1. The van der Waals surface area contributed by atoms with Crippen molar-refractivity contribution in [3.63, 3.8) is 0 Å². The molecule has 0 aromatic carbocycles. The lowest BCUT2D eigenvalue weighted by Gasteiger charge is -2.13. The molecule has 0 aliphatic rings. The van der Waals surface area contributed by atoms with Gasteiger partial charge in [0.2, 0.25) is 15.9 Å². The molecule has 0 aliphatic carbocycles. The average Bonchev–Trinajstić information content (AvgIpc) is 2.16. The van der Waals surface area contributed by atoms with Crippen molar-refractivity contribution in [2.75, 3.05) is 19.3 Å². The number of sulfonamides is 1. The van der Waals surface area contributed by atoms with Gasteiger partial charge in [0.05, 0.1) is 10.6 Å². The average molecular weight is 301 g/mol. The molecule has 0 spiro atoms. The molecule has 0 saturated heterocycles. The van der Waals surface area contributed by atoms with E-state index in [-0.39, 0.29) is 28.9 Å². The van der Waals surface area contributed by atoms with Crippen LogP contribution in [0.3, 0.4) is 0 Å². The van der Waals surface area contributed by atoms with Crippen molar-refractivity contribution in [3.05, 3.63) is 0 Å². The fourth-order valence-corrected chi connectivity index (χ4v) is 1.55. The molecule has 0 aliphatic heterocycles. The summed E-state index contributed by atoms with van der Waals surface area (Å²) in [5, 5.41) is 2.55. The fourth-order valence-electron chi connectivity index (χ4n) is 0.811. The smallest absolute Gasteiger partial charge is 0.234 e. The zero-order valence-corrected chi connectivity index (χ0v) is 11.5. The Morgan fingerprint density at radius 2 is 1.93 bits per heavy atom. The topological polar surface area (TPSA) is 75.3 Å². The Balaban J connectivity index is 3.93. The van der Waals surface area contributed by atoms with Crippen LogP contribution in [-0.4, -0.2) is 38.5 Å². The third-order valence-electron chi connectivity index (χ3n) is 1.82. The molecule has 0 bridgehead atoms. The molecule has 0 saturated carbocycles. The van der Waals surface area contributed by atoms with Crippen molar-refractivity contribution in [1.29, 1.82) is 0 Å². The molecular weight excluding hydrogens is 284 g/mol. The van der Waals surface area contributed by atoms with Crippen LogP contribution in [0.25, 0.3) is 0 Å². The number of rotatable bonds is 6. The predicted molar refractivity (Wildman–Crippen MR) is 63.4 cm³/mol. The van der Waals surface area contributed by atoms with E-state index in [1.54, 1.807) is 0 Å². The van der Waals surface area contributed by atoms with E-state index >= 15 is 0 Å². The Bertz CT molecular complexity index is 303. The molecule has 1 amide bonds. The molecular formula is C8H17BrN2O3S. The molecule has 0 fully saturated rings. The minimum Gasteiger partial charge on any atom is -0.354 e.